The summed E-state index contributed by atoms with van der Waals surface area (Å²) >= 11 is 3.30. The Morgan fingerprint density at radius 2 is 1.84 bits per heavy atom. The molecule has 0 bridgehead atoms. The molecule has 0 atom stereocenters. The molecule has 12 heteroatoms. The molecule has 6 nitrogen and oxygen atoms in total. The highest BCUT2D eigenvalue weighted by Gasteiger charge is 2.43. The van der Waals surface area contributed by atoms with Crippen LogP contribution in [-0.4, -0.2) is 21.7 Å². The Hall–Kier alpha value is -3.15. The third-order valence-electron chi connectivity index (χ3n) is 4.30. The number of aromatic nitrogens is 2. The number of hydrogen-bond donors (Lipinski definition) is 1. The fourth-order valence-electron chi connectivity index (χ4n) is 2.98. The Morgan fingerprint density at radius 3 is 2.52 bits per heavy atom. The van der Waals surface area contributed by atoms with Crippen molar-refractivity contribution in [3.8, 4) is 17.2 Å². The second-order valence-corrected chi connectivity index (χ2v) is 7.41. The van der Waals surface area contributed by atoms with Gasteiger partial charge in [0.1, 0.15) is 11.7 Å². The molecule has 1 aliphatic heterocycles. The van der Waals surface area contributed by atoms with Crippen molar-refractivity contribution < 1.29 is 31.4 Å². The predicted octanol–water partition coefficient (Wildman–Crippen LogP) is 5.32. The molecule has 0 radical (unpaired) electrons. The van der Waals surface area contributed by atoms with E-state index in [1.165, 1.54) is 29.7 Å². The largest absolute Gasteiger partial charge is 0.586 e. The normalized spacial score (nSPS) is 15.4. The maximum Gasteiger partial charge on any atom is 0.586 e. The van der Waals surface area contributed by atoms with Crippen molar-refractivity contribution in [1.29, 1.82) is 0 Å². The van der Waals surface area contributed by atoms with Crippen LogP contribution in [0.15, 0.2) is 52.1 Å². The molecule has 2 N–H and O–H groups in total. The smallest absolute Gasteiger partial charge is 0.395 e. The first-order valence-electron chi connectivity index (χ1n) is 8.60. The third-order valence-corrected chi connectivity index (χ3v) is 4.79. The molecule has 0 saturated heterocycles. The molecule has 0 fully saturated rings. The highest BCUT2D eigenvalue weighted by atomic mass is 79.9. The molecule has 162 valence electrons. The number of alkyl halides is 5. The van der Waals surface area contributed by atoms with Gasteiger partial charge < -0.3 is 19.8 Å². The van der Waals surface area contributed by atoms with E-state index in [0.717, 1.165) is 6.20 Å². The topological polar surface area (TPSA) is 74.7 Å². The molecule has 2 aromatic carbocycles. The number of nitrogens with two attached hydrogens (primary N) is 1. The molecule has 0 aliphatic carbocycles. The average Bonchev–Trinajstić information content (AvgIpc) is 3.19. The first kappa shape index (κ1) is 21.1. The van der Waals surface area contributed by atoms with Gasteiger partial charge in [0.05, 0.1) is 11.4 Å². The van der Waals surface area contributed by atoms with Crippen molar-refractivity contribution in [2.75, 3.05) is 0 Å². The van der Waals surface area contributed by atoms with Crippen molar-refractivity contribution in [3.63, 3.8) is 0 Å². The Bertz CT molecular complexity index is 1210. The van der Waals surface area contributed by atoms with E-state index in [9.17, 15) is 22.0 Å². The second kappa shape index (κ2) is 7.22. The molecule has 0 amide bonds. The number of fused-ring (bicyclic) bond motifs is 1. The van der Waals surface area contributed by atoms with E-state index in [1.807, 2.05) is 0 Å². The Labute approximate surface area is 180 Å². The summed E-state index contributed by atoms with van der Waals surface area (Å²) in [4.78, 5) is 7.77. The van der Waals surface area contributed by atoms with Crippen LogP contribution in [0, 0.1) is 6.92 Å². The Balaban J connectivity index is 1.76. The molecule has 1 aromatic heterocycles. The van der Waals surface area contributed by atoms with Gasteiger partial charge in [-0.2, -0.15) is 13.2 Å². The minimum Gasteiger partial charge on any atom is -0.395 e. The van der Waals surface area contributed by atoms with Crippen LogP contribution in [0.1, 0.15) is 17.1 Å². The molecule has 1 aliphatic rings. The van der Waals surface area contributed by atoms with Gasteiger partial charge in [-0.25, -0.2) is 9.98 Å². The zero-order valence-electron chi connectivity index (χ0n) is 15.5. The van der Waals surface area contributed by atoms with Crippen LogP contribution in [0.3, 0.4) is 0 Å². The van der Waals surface area contributed by atoms with E-state index >= 15 is 0 Å². The first-order valence-corrected chi connectivity index (χ1v) is 9.40. The van der Waals surface area contributed by atoms with E-state index in [1.54, 1.807) is 18.2 Å². The number of hydrogen-bond acceptors (Lipinski definition) is 4. The SMILES string of the molecule is Cc1nc(C(F)(F)F)cn1-c1ccc(Br)cc1C(N)=Nc1ccc2c(c1)OC(F)(F)O2. The van der Waals surface area contributed by atoms with Gasteiger partial charge in [-0.1, -0.05) is 15.9 Å². The summed E-state index contributed by atoms with van der Waals surface area (Å²) in [5, 5.41) is 0. The number of aryl methyl sites for hydroxylation is 1. The molecule has 0 unspecified atom stereocenters. The van der Waals surface area contributed by atoms with Crippen LogP contribution in [-0.2, 0) is 6.18 Å². The van der Waals surface area contributed by atoms with Gasteiger partial charge in [0.2, 0.25) is 0 Å². The van der Waals surface area contributed by atoms with Crippen molar-refractivity contribution in [2.45, 2.75) is 19.4 Å². The zero-order valence-corrected chi connectivity index (χ0v) is 17.1. The maximum atomic E-state index is 13.2. The van der Waals surface area contributed by atoms with Gasteiger partial charge in [-0.3, -0.25) is 0 Å². The van der Waals surface area contributed by atoms with Gasteiger partial charge >= 0.3 is 12.5 Å². The van der Waals surface area contributed by atoms with E-state index in [-0.39, 0.29) is 28.8 Å². The molecule has 4 rings (SSSR count). The standard InChI is InChI=1S/C19H12BrF5N4O2/c1-9-27-16(18(21,22)23)8-29(9)13-4-2-10(20)6-12(13)17(26)28-11-3-5-14-15(7-11)31-19(24,25)30-14/h2-8H,1H3,(H2,26,28). The average molecular weight is 503 g/mol. The summed E-state index contributed by atoms with van der Waals surface area (Å²) < 4.78 is 76.2. The van der Waals surface area contributed by atoms with Gasteiger partial charge in [0.15, 0.2) is 17.2 Å². The molecule has 3 aromatic rings. The van der Waals surface area contributed by atoms with Crippen molar-refractivity contribution >= 4 is 27.5 Å². The van der Waals surface area contributed by atoms with Crippen LogP contribution >= 0.6 is 15.9 Å². The summed E-state index contributed by atoms with van der Waals surface area (Å²) in [5.74, 6) is -0.342. The zero-order chi connectivity index (χ0) is 22.6. The minimum absolute atomic E-state index is 0.0661. The Morgan fingerprint density at radius 1 is 1.13 bits per heavy atom. The summed E-state index contributed by atoms with van der Waals surface area (Å²) in [7, 11) is 0. The molecule has 0 spiro atoms. The van der Waals surface area contributed by atoms with Gasteiger partial charge in [-0.05, 0) is 37.3 Å². The van der Waals surface area contributed by atoms with E-state index in [2.05, 4.69) is 35.4 Å². The van der Waals surface area contributed by atoms with E-state index in [0.29, 0.717) is 15.7 Å². The number of amidine groups is 1. The molecule has 2 heterocycles. The van der Waals surface area contributed by atoms with E-state index < -0.39 is 18.2 Å². The van der Waals surface area contributed by atoms with E-state index in [4.69, 9.17) is 5.73 Å². The van der Waals surface area contributed by atoms with Gasteiger partial charge in [0.25, 0.3) is 0 Å². The lowest BCUT2D eigenvalue weighted by Crippen LogP contribution is -2.25. The summed E-state index contributed by atoms with van der Waals surface area (Å²) in [6.45, 7) is 1.42. The lowest BCUT2D eigenvalue weighted by atomic mass is 10.1. The highest BCUT2D eigenvalue weighted by molar-refractivity contribution is 9.10. The van der Waals surface area contributed by atoms with Crippen molar-refractivity contribution in [2.24, 2.45) is 10.7 Å². The number of halogens is 6. The lowest BCUT2D eigenvalue weighted by Gasteiger charge is -2.12. The summed E-state index contributed by atoms with van der Waals surface area (Å²) in [5.41, 5.74) is 5.86. The van der Waals surface area contributed by atoms with Crippen LogP contribution in [0.4, 0.5) is 27.6 Å². The number of ether oxygens (including phenoxy) is 2. The third kappa shape index (κ3) is 4.20. The fraction of sp³-hybridized carbons (Fsp3) is 0.158. The summed E-state index contributed by atoms with van der Waals surface area (Å²) in [6.07, 6.45) is -7.53. The highest BCUT2D eigenvalue weighted by Crippen LogP contribution is 2.42. The minimum atomic E-state index is -4.61. The maximum absolute atomic E-state index is 13.2. The summed E-state index contributed by atoms with van der Waals surface area (Å²) in [6, 6.07) is 8.60. The first-order chi connectivity index (χ1) is 14.4. The number of imidazole rings is 1. The van der Waals surface area contributed by atoms with Gasteiger partial charge in [-0.15, -0.1) is 8.78 Å². The molecular formula is C19H12BrF5N4O2. The lowest BCUT2D eigenvalue weighted by molar-refractivity contribution is -0.286. The number of nitrogens with zero attached hydrogens (tertiary/aromatic N) is 3. The quantitative estimate of drug-likeness (QED) is 0.298. The number of rotatable bonds is 3. The molecule has 31 heavy (non-hydrogen) atoms. The van der Waals surface area contributed by atoms with Crippen molar-refractivity contribution in [3.05, 3.63) is 64.1 Å². The van der Waals surface area contributed by atoms with Crippen LogP contribution in [0.5, 0.6) is 11.5 Å². The van der Waals surface area contributed by atoms with Crippen LogP contribution in [0.25, 0.3) is 5.69 Å². The molecular weight excluding hydrogens is 491 g/mol. The second-order valence-electron chi connectivity index (χ2n) is 6.50. The van der Waals surface area contributed by atoms with Crippen molar-refractivity contribution in [1.82, 2.24) is 9.55 Å². The van der Waals surface area contributed by atoms with Gasteiger partial charge in [0, 0.05) is 22.3 Å². The Kier molecular flexibility index (Phi) is 4.91. The monoisotopic (exact) mass is 502 g/mol. The van der Waals surface area contributed by atoms with Crippen LogP contribution < -0.4 is 15.2 Å². The fourth-order valence-corrected chi connectivity index (χ4v) is 3.34. The molecule has 0 saturated carbocycles. The number of aliphatic imine (C=N–C) groups is 1. The number of benzene rings is 2. The predicted molar refractivity (Wildman–Crippen MR) is 104 cm³/mol. The van der Waals surface area contributed by atoms with Crippen LogP contribution in [0.2, 0.25) is 0 Å².